The smallest absolute Gasteiger partial charge is 0.261 e. The molecule has 0 saturated carbocycles. The van der Waals surface area contributed by atoms with Gasteiger partial charge in [0.15, 0.2) is 0 Å². The molecule has 2 fully saturated rings. The van der Waals surface area contributed by atoms with Gasteiger partial charge in [-0.05, 0) is 18.2 Å². The predicted molar refractivity (Wildman–Crippen MR) is 123 cm³/mol. The fourth-order valence-electron chi connectivity index (χ4n) is 4.54. The summed E-state index contributed by atoms with van der Waals surface area (Å²) in [6.45, 7) is 4.65. The number of ether oxygens (including phenoxy) is 1. The van der Waals surface area contributed by atoms with Crippen LogP contribution in [0.15, 0.2) is 35.2 Å². The molecule has 0 atom stereocenters. The number of carbonyl (C=O) groups excluding carboxylic acids is 2. The van der Waals surface area contributed by atoms with Crippen LogP contribution in [0, 0.1) is 0 Å². The highest BCUT2D eigenvalue weighted by Crippen LogP contribution is 2.35. The molecule has 2 aromatic rings. The molecule has 10 heteroatoms. The van der Waals surface area contributed by atoms with Gasteiger partial charge in [0.05, 0.1) is 18.1 Å². The Hall–Kier alpha value is -1.98. The highest BCUT2D eigenvalue weighted by Gasteiger charge is 2.36. The van der Waals surface area contributed by atoms with Crippen LogP contribution < -0.4 is 0 Å². The number of carbonyl (C=O) groups is 2. The molecule has 0 aliphatic carbocycles. The Labute approximate surface area is 191 Å². The summed E-state index contributed by atoms with van der Waals surface area (Å²) in [5.74, 6) is 0.779. The summed E-state index contributed by atoms with van der Waals surface area (Å²) >= 11 is 1.74. The van der Waals surface area contributed by atoms with Crippen LogP contribution in [0.5, 0.6) is 0 Å². The summed E-state index contributed by atoms with van der Waals surface area (Å²) < 4.78 is 33.6. The zero-order chi connectivity index (χ0) is 22.3. The third kappa shape index (κ3) is 3.73. The number of thioether (sulfide) groups is 1. The third-order valence-corrected chi connectivity index (χ3v) is 9.18. The van der Waals surface area contributed by atoms with Crippen molar-refractivity contribution in [2.75, 3.05) is 64.0 Å². The minimum absolute atomic E-state index is 0.160. The van der Waals surface area contributed by atoms with Gasteiger partial charge in [-0.2, -0.15) is 16.1 Å². The summed E-state index contributed by atoms with van der Waals surface area (Å²) in [6, 6.07) is 8.15. The average molecular weight is 476 g/mol. The average Bonchev–Trinajstić information content (AvgIpc) is 2.83. The number of benzene rings is 2. The number of hydrogen-bond donors (Lipinski definition) is 0. The van der Waals surface area contributed by atoms with E-state index in [0.717, 1.165) is 24.6 Å². The quantitative estimate of drug-likeness (QED) is 0.606. The molecule has 3 aliphatic rings. The van der Waals surface area contributed by atoms with E-state index in [2.05, 4.69) is 4.90 Å². The van der Waals surface area contributed by atoms with Crippen molar-refractivity contribution in [3.63, 3.8) is 0 Å². The number of sulfonamides is 1. The highest BCUT2D eigenvalue weighted by molar-refractivity contribution is 7.99. The minimum Gasteiger partial charge on any atom is -0.379 e. The number of nitrogens with zero attached hydrogens (tertiary/aromatic N) is 3. The molecule has 5 rings (SSSR count). The lowest BCUT2D eigenvalue weighted by molar-refractivity contribution is 0.0316. The molecule has 170 valence electrons. The van der Waals surface area contributed by atoms with Crippen LogP contribution in [0.4, 0.5) is 0 Å². The number of amides is 2. The van der Waals surface area contributed by atoms with Gasteiger partial charge in [0.2, 0.25) is 10.0 Å². The van der Waals surface area contributed by atoms with Crippen LogP contribution in [-0.4, -0.2) is 98.3 Å². The van der Waals surface area contributed by atoms with Gasteiger partial charge in [-0.1, -0.05) is 12.1 Å². The molecule has 3 heterocycles. The Morgan fingerprint density at radius 3 is 2.28 bits per heavy atom. The van der Waals surface area contributed by atoms with Crippen molar-refractivity contribution in [3.05, 3.63) is 41.5 Å². The maximum absolute atomic E-state index is 13.4. The lowest BCUT2D eigenvalue weighted by Crippen LogP contribution is -2.46. The topological polar surface area (TPSA) is 87.2 Å². The van der Waals surface area contributed by atoms with Crippen molar-refractivity contribution in [1.82, 2.24) is 14.1 Å². The molecule has 0 N–H and O–H groups in total. The lowest BCUT2D eigenvalue weighted by atomic mass is 9.94. The highest BCUT2D eigenvalue weighted by atomic mass is 32.2. The fourth-order valence-corrected chi connectivity index (χ4v) is 7.30. The van der Waals surface area contributed by atoms with E-state index in [4.69, 9.17) is 4.74 Å². The van der Waals surface area contributed by atoms with E-state index < -0.39 is 10.0 Å². The molecular formula is C22H25N3O5S2. The Morgan fingerprint density at radius 1 is 0.875 bits per heavy atom. The van der Waals surface area contributed by atoms with E-state index in [0.29, 0.717) is 61.3 Å². The SMILES string of the molecule is O=C1c2cccc3c(S(=O)(=O)N4CCSCC4)ccc(c23)C(=O)N1CCN1CCOCC1. The molecule has 3 aliphatic heterocycles. The van der Waals surface area contributed by atoms with Crippen molar-refractivity contribution < 1.29 is 22.7 Å². The second-order valence-electron chi connectivity index (χ2n) is 8.07. The van der Waals surface area contributed by atoms with Crippen LogP contribution in [0.25, 0.3) is 10.8 Å². The first-order valence-electron chi connectivity index (χ1n) is 10.8. The largest absolute Gasteiger partial charge is 0.379 e. The molecular weight excluding hydrogens is 450 g/mol. The molecule has 2 aromatic carbocycles. The number of hydrogen-bond acceptors (Lipinski definition) is 7. The molecule has 0 spiro atoms. The summed E-state index contributed by atoms with van der Waals surface area (Å²) in [4.78, 5) is 30.1. The second kappa shape index (κ2) is 8.75. The van der Waals surface area contributed by atoms with Crippen molar-refractivity contribution in [2.45, 2.75) is 4.90 Å². The Morgan fingerprint density at radius 2 is 1.56 bits per heavy atom. The number of morpholine rings is 1. The Kier molecular flexibility index (Phi) is 5.98. The van der Waals surface area contributed by atoms with E-state index >= 15 is 0 Å². The van der Waals surface area contributed by atoms with Crippen LogP contribution >= 0.6 is 11.8 Å². The van der Waals surface area contributed by atoms with Gasteiger partial charge >= 0.3 is 0 Å². The van der Waals surface area contributed by atoms with Crippen LogP contribution in [0.2, 0.25) is 0 Å². The molecule has 2 amide bonds. The van der Waals surface area contributed by atoms with Crippen LogP contribution in [0.1, 0.15) is 20.7 Å². The molecule has 2 saturated heterocycles. The zero-order valence-corrected chi connectivity index (χ0v) is 19.3. The number of rotatable bonds is 5. The summed E-state index contributed by atoms with van der Waals surface area (Å²) in [6.07, 6.45) is 0. The summed E-state index contributed by atoms with van der Waals surface area (Å²) in [5.41, 5.74) is 0.760. The first-order chi connectivity index (χ1) is 15.5. The van der Waals surface area contributed by atoms with Crippen molar-refractivity contribution in [2.24, 2.45) is 0 Å². The lowest BCUT2D eigenvalue weighted by Gasteiger charge is -2.32. The van der Waals surface area contributed by atoms with Crippen molar-refractivity contribution in [3.8, 4) is 0 Å². The predicted octanol–water partition coefficient (Wildman–Crippen LogP) is 1.51. The standard InChI is InChI=1S/C22H25N3O5S2/c26-21-17-3-1-2-16-19(32(28,29)24-10-14-31-15-11-24)5-4-18(20(16)17)22(27)25(21)7-6-23-8-12-30-13-9-23/h1-5H,6-15H2. The maximum atomic E-state index is 13.4. The van der Waals surface area contributed by atoms with Crippen LogP contribution in [0.3, 0.4) is 0 Å². The van der Waals surface area contributed by atoms with Crippen LogP contribution in [-0.2, 0) is 14.8 Å². The van der Waals surface area contributed by atoms with Crippen molar-refractivity contribution >= 4 is 44.4 Å². The fraction of sp³-hybridized carbons (Fsp3) is 0.455. The van der Waals surface area contributed by atoms with Gasteiger partial charge in [-0.3, -0.25) is 19.4 Å². The number of imide groups is 1. The summed E-state index contributed by atoms with van der Waals surface area (Å²) in [5, 5.41) is 0.880. The minimum atomic E-state index is -3.71. The van der Waals surface area contributed by atoms with Crippen molar-refractivity contribution in [1.29, 1.82) is 0 Å². The normalized spacial score (nSPS) is 20.8. The Balaban J connectivity index is 1.51. The monoisotopic (exact) mass is 475 g/mol. The molecule has 32 heavy (non-hydrogen) atoms. The first kappa shape index (κ1) is 21.8. The van der Waals surface area contributed by atoms with Gasteiger partial charge in [0.1, 0.15) is 0 Å². The Bertz CT molecular complexity index is 1150. The van der Waals surface area contributed by atoms with E-state index in [1.807, 2.05) is 0 Å². The second-order valence-corrected chi connectivity index (χ2v) is 11.2. The first-order valence-corrected chi connectivity index (χ1v) is 13.4. The molecule has 0 bridgehead atoms. The van der Waals surface area contributed by atoms with Gasteiger partial charge in [-0.25, -0.2) is 8.42 Å². The summed E-state index contributed by atoms with van der Waals surface area (Å²) in [7, 11) is -3.71. The maximum Gasteiger partial charge on any atom is 0.261 e. The van der Waals surface area contributed by atoms with E-state index in [9.17, 15) is 18.0 Å². The molecule has 0 aromatic heterocycles. The van der Waals surface area contributed by atoms with E-state index in [-0.39, 0.29) is 16.7 Å². The van der Waals surface area contributed by atoms with Gasteiger partial charge in [0, 0.05) is 72.7 Å². The molecule has 8 nitrogen and oxygen atoms in total. The van der Waals surface area contributed by atoms with E-state index in [1.165, 1.54) is 15.3 Å². The molecule has 0 unspecified atom stereocenters. The van der Waals surface area contributed by atoms with Gasteiger partial charge in [0.25, 0.3) is 11.8 Å². The molecule has 0 radical (unpaired) electrons. The third-order valence-electron chi connectivity index (χ3n) is 6.28. The van der Waals surface area contributed by atoms with Gasteiger partial charge in [-0.15, -0.1) is 0 Å². The van der Waals surface area contributed by atoms with E-state index in [1.54, 1.807) is 36.0 Å². The van der Waals surface area contributed by atoms with Gasteiger partial charge < -0.3 is 4.74 Å². The zero-order valence-electron chi connectivity index (χ0n) is 17.7.